The Kier molecular flexibility index (Phi) is 3.44. The van der Waals surface area contributed by atoms with E-state index in [9.17, 15) is 0 Å². The Hall–Kier alpha value is -1.52. The predicted octanol–water partition coefficient (Wildman–Crippen LogP) is 1.90. The van der Waals surface area contributed by atoms with Gasteiger partial charge in [-0.05, 0) is 31.6 Å². The van der Waals surface area contributed by atoms with Crippen LogP contribution in [0.1, 0.15) is 32.6 Å². The Balaban J connectivity index is 1.83. The summed E-state index contributed by atoms with van der Waals surface area (Å²) in [6.45, 7) is 6.56. The van der Waals surface area contributed by atoms with Gasteiger partial charge in [0.2, 0.25) is 0 Å². The summed E-state index contributed by atoms with van der Waals surface area (Å²) in [6.07, 6.45) is 6.59. The minimum absolute atomic E-state index is 0.763. The first-order chi connectivity index (χ1) is 9.25. The molecule has 0 amide bonds. The van der Waals surface area contributed by atoms with Crippen LogP contribution in [0.2, 0.25) is 0 Å². The van der Waals surface area contributed by atoms with Gasteiger partial charge in [-0.25, -0.2) is 9.97 Å². The molecule has 2 saturated heterocycles. The van der Waals surface area contributed by atoms with Crippen molar-refractivity contribution < 1.29 is 0 Å². The van der Waals surface area contributed by atoms with E-state index in [1.807, 2.05) is 0 Å². The highest BCUT2D eigenvalue weighted by atomic mass is 15.3. The van der Waals surface area contributed by atoms with Crippen LogP contribution in [-0.2, 0) is 0 Å². The summed E-state index contributed by atoms with van der Waals surface area (Å²) in [4.78, 5) is 13.4. The molecule has 5 nitrogen and oxygen atoms in total. The van der Waals surface area contributed by atoms with Crippen LogP contribution in [0.3, 0.4) is 0 Å². The van der Waals surface area contributed by atoms with Gasteiger partial charge in [-0.1, -0.05) is 6.92 Å². The second kappa shape index (κ2) is 5.23. The topological polar surface area (TPSA) is 58.3 Å². The lowest BCUT2D eigenvalue weighted by atomic mass is 9.99. The molecule has 3 heterocycles. The van der Waals surface area contributed by atoms with E-state index in [2.05, 4.69) is 26.7 Å². The number of aromatic nitrogens is 2. The Labute approximate surface area is 114 Å². The molecule has 0 aromatic carbocycles. The molecule has 19 heavy (non-hydrogen) atoms. The Morgan fingerprint density at radius 1 is 1.00 bits per heavy atom. The number of nitrogens with zero attached hydrogens (tertiary/aromatic N) is 4. The van der Waals surface area contributed by atoms with Gasteiger partial charge in [0.25, 0.3) is 0 Å². The molecule has 0 unspecified atom stereocenters. The molecule has 0 spiro atoms. The number of hydrogen-bond acceptors (Lipinski definition) is 5. The summed E-state index contributed by atoms with van der Waals surface area (Å²) in [5, 5.41) is 0. The van der Waals surface area contributed by atoms with Crippen molar-refractivity contribution in [1.29, 1.82) is 0 Å². The molecule has 0 radical (unpaired) electrons. The Bertz CT molecular complexity index is 433. The molecule has 0 atom stereocenters. The van der Waals surface area contributed by atoms with Gasteiger partial charge in [0.15, 0.2) is 11.6 Å². The van der Waals surface area contributed by atoms with Gasteiger partial charge >= 0.3 is 0 Å². The molecule has 0 bridgehead atoms. The number of nitrogen functional groups attached to an aromatic ring is 1. The molecule has 0 aliphatic carbocycles. The molecule has 2 aliphatic rings. The molecule has 5 heteroatoms. The lowest BCUT2D eigenvalue weighted by molar-refractivity contribution is 0.437. The summed E-state index contributed by atoms with van der Waals surface area (Å²) < 4.78 is 0. The smallest absolute Gasteiger partial charge is 0.157 e. The lowest BCUT2D eigenvalue weighted by Gasteiger charge is -2.32. The van der Waals surface area contributed by atoms with Crippen LogP contribution in [-0.4, -0.2) is 36.1 Å². The maximum Gasteiger partial charge on any atom is 0.157 e. The van der Waals surface area contributed by atoms with Gasteiger partial charge in [0, 0.05) is 26.2 Å². The zero-order valence-corrected chi connectivity index (χ0v) is 11.7. The molecule has 2 aliphatic heterocycles. The van der Waals surface area contributed by atoms with E-state index >= 15 is 0 Å². The first kappa shape index (κ1) is 12.5. The highest BCUT2D eigenvalue weighted by Gasteiger charge is 2.23. The van der Waals surface area contributed by atoms with Gasteiger partial charge in [-0.15, -0.1) is 0 Å². The lowest BCUT2D eigenvalue weighted by Crippen LogP contribution is -2.34. The van der Waals surface area contributed by atoms with Crippen molar-refractivity contribution in [2.45, 2.75) is 32.6 Å². The average molecular weight is 261 g/mol. The van der Waals surface area contributed by atoms with Crippen molar-refractivity contribution in [2.75, 3.05) is 41.7 Å². The van der Waals surface area contributed by atoms with Gasteiger partial charge in [0.05, 0.1) is 0 Å². The third kappa shape index (κ3) is 2.46. The molecule has 1 aromatic heterocycles. The fourth-order valence-corrected chi connectivity index (χ4v) is 3.03. The van der Waals surface area contributed by atoms with Crippen LogP contribution < -0.4 is 15.5 Å². The fraction of sp³-hybridized carbons (Fsp3) is 0.714. The summed E-state index contributed by atoms with van der Waals surface area (Å²) in [6, 6.07) is 0. The minimum Gasteiger partial charge on any atom is -0.393 e. The highest BCUT2D eigenvalue weighted by molar-refractivity contribution is 5.76. The largest absolute Gasteiger partial charge is 0.393 e. The van der Waals surface area contributed by atoms with Crippen LogP contribution in [0.15, 0.2) is 6.33 Å². The first-order valence-electron chi connectivity index (χ1n) is 7.36. The summed E-state index contributed by atoms with van der Waals surface area (Å²) in [5.41, 5.74) is 7.08. The van der Waals surface area contributed by atoms with E-state index < -0.39 is 0 Å². The second-order valence-corrected chi connectivity index (χ2v) is 5.80. The second-order valence-electron chi connectivity index (χ2n) is 5.80. The van der Waals surface area contributed by atoms with Crippen LogP contribution in [0.25, 0.3) is 0 Å². The standard InChI is InChI=1S/C14H23N5/c1-11-4-8-19(9-5-11)14-12(15)13(16-10-17-14)18-6-2-3-7-18/h10-11H,2-9,15H2,1H3. The minimum atomic E-state index is 0.763. The van der Waals surface area contributed by atoms with Gasteiger partial charge in [-0.2, -0.15) is 0 Å². The zero-order valence-electron chi connectivity index (χ0n) is 11.7. The van der Waals surface area contributed by atoms with Crippen LogP contribution >= 0.6 is 0 Å². The van der Waals surface area contributed by atoms with E-state index in [-0.39, 0.29) is 0 Å². The summed E-state index contributed by atoms with van der Waals surface area (Å²) in [7, 11) is 0. The van der Waals surface area contributed by atoms with Crippen molar-refractivity contribution in [3.8, 4) is 0 Å². The predicted molar refractivity (Wildman–Crippen MR) is 78.5 cm³/mol. The first-order valence-corrected chi connectivity index (χ1v) is 7.36. The molecular formula is C14H23N5. The molecule has 2 fully saturated rings. The Morgan fingerprint density at radius 3 is 2.11 bits per heavy atom. The van der Waals surface area contributed by atoms with Crippen LogP contribution in [0.4, 0.5) is 17.3 Å². The monoisotopic (exact) mass is 261 g/mol. The van der Waals surface area contributed by atoms with Gasteiger partial charge in [-0.3, -0.25) is 0 Å². The number of hydrogen-bond donors (Lipinski definition) is 1. The molecular weight excluding hydrogens is 238 g/mol. The molecule has 1 aromatic rings. The van der Waals surface area contributed by atoms with E-state index in [1.54, 1.807) is 6.33 Å². The Morgan fingerprint density at radius 2 is 1.53 bits per heavy atom. The number of nitrogens with two attached hydrogens (primary N) is 1. The van der Waals surface area contributed by atoms with Crippen molar-refractivity contribution in [1.82, 2.24) is 9.97 Å². The third-order valence-corrected chi connectivity index (χ3v) is 4.33. The SMILES string of the molecule is CC1CCN(c2ncnc(N3CCCC3)c2N)CC1. The van der Waals surface area contributed by atoms with E-state index in [0.717, 1.165) is 49.4 Å². The van der Waals surface area contributed by atoms with Crippen molar-refractivity contribution >= 4 is 17.3 Å². The highest BCUT2D eigenvalue weighted by Crippen LogP contribution is 2.32. The summed E-state index contributed by atoms with van der Waals surface area (Å²) >= 11 is 0. The van der Waals surface area contributed by atoms with Crippen molar-refractivity contribution in [3.05, 3.63) is 6.33 Å². The van der Waals surface area contributed by atoms with Crippen molar-refractivity contribution in [3.63, 3.8) is 0 Å². The van der Waals surface area contributed by atoms with Gasteiger partial charge < -0.3 is 15.5 Å². The van der Waals surface area contributed by atoms with Crippen LogP contribution in [0, 0.1) is 5.92 Å². The van der Waals surface area contributed by atoms with Crippen molar-refractivity contribution in [2.24, 2.45) is 5.92 Å². The van der Waals surface area contributed by atoms with E-state index in [4.69, 9.17) is 5.73 Å². The molecule has 3 rings (SSSR count). The van der Waals surface area contributed by atoms with Gasteiger partial charge in [0.1, 0.15) is 12.0 Å². The van der Waals surface area contributed by atoms with Crippen LogP contribution in [0.5, 0.6) is 0 Å². The normalized spacial score (nSPS) is 21.1. The average Bonchev–Trinajstić information content (AvgIpc) is 2.94. The summed E-state index contributed by atoms with van der Waals surface area (Å²) in [5.74, 6) is 2.68. The quantitative estimate of drug-likeness (QED) is 0.881. The fourth-order valence-electron chi connectivity index (χ4n) is 3.03. The maximum absolute atomic E-state index is 6.32. The number of anilines is 3. The molecule has 104 valence electrons. The van der Waals surface area contributed by atoms with E-state index in [1.165, 1.54) is 25.7 Å². The third-order valence-electron chi connectivity index (χ3n) is 4.33. The maximum atomic E-state index is 6.32. The zero-order chi connectivity index (χ0) is 13.2. The number of rotatable bonds is 2. The molecule has 2 N–H and O–H groups in total. The van der Waals surface area contributed by atoms with E-state index in [0.29, 0.717) is 0 Å². The number of piperidine rings is 1. The molecule has 0 saturated carbocycles.